The van der Waals surface area contributed by atoms with Crippen LogP contribution in [0.1, 0.15) is 17.4 Å². The predicted octanol–water partition coefficient (Wildman–Crippen LogP) is 2.07. The number of nitriles is 1. The molecule has 0 amide bonds. The van der Waals surface area contributed by atoms with Gasteiger partial charge in [-0.2, -0.15) is 5.26 Å². The highest BCUT2D eigenvalue weighted by atomic mass is 16.7. The number of nitrogens with zero attached hydrogens (tertiary/aromatic N) is 1. The fourth-order valence-corrected chi connectivity index (χ4v) is 1.11. The fourth-order valence-electron chi connectivity index (χ4n) is 1.11. The van der Waals surface area contributed by atoms with Gasteiger partial charge in [0.25, 0.3) is 6.29 Å². The van der Waals surface area contributed by atoms with Gasteiger partial charge in [0, 0.05) is 5.56 Å². The van der Waals surface area contributed by atoms with Crippen LogP contribution in [-0.4, -0.2) is 0 Å². The summed E-state index contributed by atoms with van der Waals surface area (Å²) in [5.74, 6) is 0. The van der Waals surface area contributed by atoms with Crippen LogP contribution in [-0.2, 0) is 9.47 Å². The van der Waals surface area contributed by atoms with E-state index in [2.05, 4.69) is 0 Å². The van der Waals surface area contributed by atoms with Gasteiger partial charge in [0.15, 0.2) is 0 Å². The van der Waals surface area contributed by atoms with Crippen molar-refractivity contribution in [2.45, 2.75) is 6.29 Å². The molecule has 0 atom stereocenters. The molecule has 0 saturated heterocycles. The Morgan fingerprint density at radius 2 is 1.69 bits per heavy atom. The van der Waals surface area contributed by atoms with Crippen LogP contribution in [0, 0.1) is 11.3 Å². The van der Waals surface area contributed by atoms with Crippen LogP contribution in [0.4, 0.5) is 0 Å². The first kappa shape index (κ1) is 7.69. The van der Waals surface area contributed by atoms with Crippen molar-refractivity contribution in [1.82, 2.24) is 0 Å². The summed E-state index contributed by atoms with van der Waals surface area (Å²) < 4.78 is 10.3. The van der Waals surface area contributed by atoms with Crippen LogP contribution in [0.25, 0.3) is 0 Å². The van der Waals surface area contributed by atoms with Crippen molar-refractivity contribution >= 4 is 0 Å². The number of benzene rings is 1. The van der Waals surface area contributed by atoms with Crippen molar-refractivity contribution in [3.63, 3.8) is 0 Å². The van der Waals surface area contributed by atoms with Crippen molar-refractivity contribution < 1.29 is 9.47 Å². The quantitative estimate of drug-likeness (QED) is 0.652. The molecule has 3 nitrogen and oxygen atoms in total. The molecule has 13 heavy (non-hydrogen) atoms. The zero-order valence-electron chi connectivity index (χ0n) is 6.81. The van der Waals surface area contributed by atoms with E-state index < -0.39 is 0 Å². The van der Waals surface area contributed by atoms with Gasteiger partial charge in [-0.05, 0) is 12.1 Å². The van der Waals surface area contributed by atoms with Crippen LogP contribution >= 0.6 is 0 Å². The minimum absolute atomic E-state index is 0.354. The maximum atomic E-state index is 8.57. The average molecular weight is 173 g/mol. The Morgan fingerprint density at radius 1 is 1.08 bits per heavy atom. The van der Waals surface area contributed by atoms with Crippen molar-refractivity contribution in [3.05, 3.63) is 47.9 Å². The summed E-state index contributed by atoms with van der Waals surface area (Å²) in [6.07, 6.45) is 2.65. The summed E-state index contributed by atoms with van der Waals surface area (Å²) in [5, 5.41) is 8.57. The van der Waals surface area contributed by atoms with E-state index in [1.54, 1.807) is 12.1 Å². The van der Waals surface area contributed by atoms with Crippen LogP contribution in [0.3, 0.4) is 0 Å². The Labute approximate surface area is 75.8 Å². The first-order valence-corrected chi connectivity index (χ1v) is 3.86. The van der Waals surface area contributed by atoms with Gasteiger partial charge in [-0.3, -0.25) is 0 Å². The largest absolute Gasteiger partial charge is 0.455 e. The highest BCUT2D eigenvalue weighted by Crippen LogP contribution is 2.23. The van der Waals surface area contributed by atoms with E-state index in [1.165, 1.54) is 12.5 Å². The minimum Gasteiger partial charge on any atom is -0.455 e. The summed E-state index contributed by atoms with van der Waals surface area (Å²) in [5.41, 5.74) is 1.54. The third-order valence-electron chi connectivity index (χ3n) is 1.77. The predicted molar refractivity (Wildman–Crippen MR) is 45.2 cm³/mol. The fraction of sp³-hybridized carbons (Fsp3) is 0.100. The molecule has 0 aromatic heterocycles. The van der Waals surface area contributed by atoms with Crippen molar-refractivity contribution in [3.8, 4) is 6.07 Å². The first-order valence-electron chi connectivity index (χ1n) is 3.86. The molecule has 1 aromatic rings. The zero-order chi connectivity index (χ0) is 9.10. The molecule has 0 fully saturated rings. The highest BCUT2D eigenvalue weighted by molar-refractivity contribution is 5.32. The van der Waals surface area contributed by atoms with E-state index >= 15 is 0 Å². The smallest absolute Gasteiger partial charge is 0.266 e. The van der Waals surface area contributed by atoms with Crippen molar-refractivity contribution in [2.24, 2.45) is 0 Å². The van der Waals surface area contributed by atoms with Gasteiger partial charge >= 0.3 is 0 Å². The monoisotopic (exact) mass is 173 g/mol. The molecule has 2 rings (SSSR count). The lowest BCUT2D eigenvalue weighted by Gasteiger charge is -2.09. The molecule has 1 aliphatic rings. The number of hydrogen-bond donors (Lipinski definition) is 0. The molecule has 0 spiro atoms. The lowest BCUT2D eigenvalue weighted by Crippen LogP contribution is -1.96. The molecule has 0 unspecified atom stereocenters. The highest BCUT2D eigenvalue weighted by Gasteiger charge is 2.14. The van der Waals surface area contributed by atoms with E-state index in [0.29, 0.717) is 5.56 Å². The number of hydrogen-bond acceptors (Lipinski definition) is 3. The molecule has 1 aromatic carbocycles. The second-order valence-electron chi connectivity index (χ2n) is 2.61. The normalized spacial score (nSPS) is 14.7. The Morgan fingerprint density at radius 3 is 2.23 bits per heavy atom. The molecule has 3 heteroatoms. The lowest BCUT2D eigenvalue weighted by atomic mass is 10.1. The Balaban J connectivity index is 2.19. The van der Waals surface area contributed by atoms with Crippen LogP contribution in [0.15, 0.2) is 36.8 Å². The summed E-state index contributed by atoms with van der Waals surface area (Å²) >= 11 is 0. The van der Waals surface area contributed by atoms with E-state index in [0.717, 1.165) is 5.56 Å². The van der Waals surface area contributed by atoms with Gasteiger partial charge in [-0.15, -0.1) is 0 Å². The lowest BCUT2D eigenvalue weighted by molar-refractivity contribution is -0.0245. The SMILES string of the molecule is N#Cc1ccc(C2OC=CO2)cc1. The number of rotatable bonds is 1. The first-order chi connectivity index (χ1) is 6.40. The van der Waals surface area contributed by atoms with E-state index in [9.17, 15) is 0 Å². The molecule has 0 radical (unpaired) electrons. The zero-order valence-corrected chi connectivity index (χ0v) is 6.81. The van der Waals surface area contributed by atoms with Gasteiger partial charge in [0.05, 0.1) is 11.6 Å². The van der Waals surface area contributed by atoms with Gasteiger partial charge in [-0.25, -0.2) is 0 Å². The van der Waals surface area contributed by atoms with Gasteiger partial charge in [0.2, 0.25) is 0 Å². The molecule has 64 valence electrons. The standard InChI is InChI=1S/C10H7NO2/c11-7-8-1-3-9(4-2-8)10-12-5-6-13-10/h1-6,10H. The summed E-state index contributed by atoms with van der Waals surface area (Å²) in [6, 6.07) is 9.15. The summed E-state index contributed by atoms with van der Waals surface area (Å²) in [7, 11) is 0. The molecule has 0 N–H and O–H groups in total. The Hall–Kier alpha value is -1.95. The molecule has 0 saturated carbocycles. The van der Waals surface area contributed by atoms with Crippen molar-refractivity contribution in [1.29, 1.82) is 5.26 Å². The second kappa shape index (κ2) is 3.20. The van der Waals surface area contributed by atoms with Gasteiger partial charge in [-0.1, -0.05) is 12.1 Å². The average Bonchev–Trinajstić information content (AvgIpc) is 2.71. The van der Waals surface area contributed by atoms with Crippen LogP contribution < -0.4 is 0 Å². The molecule has 1 heterocycles. The van der Waals surface area contributed by atoms with E-state index in [1.807, 2.05) is 18.2 Å². The van der Waals surface area contributed by atoms with E-state index in [-0.39, 0.29) is 6.29 Å². The third kappa shape index (κ3) is 1.47. The maximum Gasteiger partial charge on any atom is 0.266 e. The van der Waals surface area contributed by atoms with Crippen LogP contribution in [0.5, 0.6) is 0 Å². The number of ether oxygens (including phenoxy) is 2. The summed E-state index contributed by atoms with van der Waals surface area (Å²) in [4.78, 5) is 0. The molecular formula is C10H7NO2. The van der Waals surface area contributed by atoms with Gasteiger partial charge < -0.3 is 9.47 Å². The molecule has 1 aliphatic heterocycles. The van der Waals surface area contributed by atoms with Crippen molar-refractivity contribution in [2.75, 3.05) is 0 Å². The summed E-state index contributed by atoms with van der Waals surface area (Å²) in [6.45, 7) is 0. The Kier molecular flexibility index (Phi) is 1.89. The third-order valence-corrected chi connectivity index (χ3v) is 1.77. The molecule has 0 aliphatic carbocycles. The topological polar surface area (TPSA) is 42.2 Å². The molecular weight excluding hydrogens is 166 g/mol. The molecule has 0 bridgehead atoms. The minimum atomic E-state index is -0.354. The Bertz CT molecular complexity index is 354. The maximum absolute atomic E-state index is 8.57. The van der Waals surface area contributed by atoms with Crippen LogP contribution in [0.2, 0.25) is 0 Å². The second-order valence-corrected chi connectivity index (χ2v) is 2.61. The van der Waals surface area contributed by atoms with E-state index in [4.69, 9.17) is 14.7 Å². The van der Waals surface area contributed by atoms with Gasteiger partial charge in [0.1, 0.15) is 12.5 Å².